The number of ketones is 2. The van der Waals surface area contributed by atoms with Crippen molar-refractivity contribution >= 4 is 11.6 Å². The molecule has 0 saturated carbocycles. The largest absolute Gasteiger partial charge is 0.497 e. The highest BCUT2D eigenvalue weighted by molar-refractivity contribution is 6.13. The van der Waals surface area contributed by atoms with Gasteiger partial charge in [0.25, 0.3) is 0 Å². The number of carbonyl (C=O) groups excluding carboxylic acids is 2. The van der Waals surface area contributed by atoms with Crippen LogP contribution in [-0.4, -0.2) is 25.8 Å². The van der Waals surface area contributed by atoms with Crippen LogP contribution in [0.5, 0.6) is 11.5 Å². The highest BCUT2D eigenvalue weighted by atomic mass is 16.5. The van der Waals surface area contributed by atoms with Crippen molar-refractivity contribution in [2.45, 2.75) is 6.42 Å². The summed E-state index contributed by atoms with van der Waals surface area (Å²) in [6.45, 7) is 0. The van der Waals surface area contributed by atoms with Gasteiger partial charge in [-0.2, -0.15) is 0 Å². The van der Waals surface area contributed by atoms with Gasteiger partial charge in [-0.1, -0.05) is 30.3 Å². The van der Waals surface area contributed by atoms with Crippen molar-refractivity contribution in [1.82, 2.24) is 0 Å². The maximum atomic E-state index is 12.2. The summed E-state index contributed by atoms with van der Waals surface area (Å²) in [6.07, 6.45) is -0.180. The number of hydrogen-bond acceptors (Lipinski definition) is 4. The summed E-state index contributed by atoms with van der Waals surface area (Å²) in [7, 11) is 3.02. The number of methoxy groups -OCH3 is 2. The molecule has 0 fully saturated rings. The molecule has 0 aliphatic rings. The van der Waals surface area contributed by atoms with Crippen LogP contribution in [0, 0.1) is 0 Å². The molecule has 0 radical (unpaired) electrons. The van der Waals surface area contributed by atoms with Gasteiger partial charge in [0.05, 0.1) is 20.6 Å². The molecule has 0 aliphatic heterocycles. The number of ether oxygens (including phenoxy) is 2. The van der Waals surface area contributed by atoms with E-state index in [4.69, 9.17) is 9.47 Å². The maximum absolute atomic E-state index is 12.2. The van der Waals surface area contributed by atoms with Gasteiger partial charge in [0.15, 0.2) is 11.6 Å². The van der Waals surface area contributed by atoms with Crippen molar-refractivity contribution in [3.8, 4) is 11.5 Å². The molecule has 0 saturated heterocycles. The third-order valence-electron chi connectivity index (χ3n) is 3.09. The molecule has 0 N–H and O–H groups in total. The number of carbonyl (C=O) groups is 2. The minimum Gasteiger partial charge on any atom is -0.497 e. The van der Waals surface area contributed by atoms with Gasteiger partial charge in [0.2, 0.25) is 0 Å². The van der Waals surface area contributed by atoms with Crippen molar-refractivity contribution in [3.63, 3.8) is 0 Å². The van der Waals surface area contributed by atoms with Crippen LogP contribution in [0.25, 0.3) is 0 Å². The first-order valence-corrected chi connectivity index (χ1v) is 6.48. The van der Waals surface area contributed by atoms with Crippen LogP contribution < -0.4 is 9.47 Å². The fourth-order valence-corrected chi connectivity index (χ4v) is 1.94. The van der Waals surface area contributed by atoms with Crippen molar-refractivity contribution in [2.75, 3.05) is 14.2 Å². The summed E-state index contributed by atoms with van der Waals surface area (Å²) in [5, 5.41) is 0. The second kappa shape index (κ2) is 6.70. The zero-order valence-corrected chi connectivity index (χ0v) is 12.0. The average Bonchev–Trinajstić information content (AvgIpc) is 2.54. The number of hydrogen-bond donors (Lipinski definition) is 0. The number of benzene rings is 2. The van der Waals surface area contributed by atoms with Crippen LogP contribution in [0.4, 0.5) is 0 Å². The molecule has 0 spiro atoms. The monoisotopic (exact) mass is 284 g/mol. The Labute approximate surface area is 123 Å². The van der Waals surface area contributed by atoms with Crippen LogP contribution in [0.3, 0.4) is 0 Å². The van der Waals surface area contributed by atoms with E-state index in [9.17, 15) is 9.59 Å². The first kappa shape index (κ1) is 14.8. The summed E-state index contributed by atoms with van der Waals surface area (Å²) in [6, 6.07) is 13.6. The van der Waals surface area contributed by atoms with Gasteiger partial charge in [0, 0.05) is 17.2 Å². The highest BCUT2D eigenvalue weighted by Gasteiger charge is 2.15. The molecule has 0 bridgehead atoms. The highest BCUT2D eigenvalue weighted by Crippen LogP contribution is 2.23. The van der Waals surface area contributed by atoms with Gasteiger partial charge in [-0.3, -0.25) is 9.59 Å². The Morgan fingerprint density at radius 1 is 0.810 bits per heavy atom. The van der Waals surface area contributed by atoms with Gasteiger partial charge in [-0.15, -0.1) is 0 Å². The molecule has 4 nitrogen and oxygen atoms in total. The van der Waals surface area contributed by atoms with Gasteiger partial charge in [-0.25, -0.2) is 0 Å². The van der Waals surface area contributed by atoms with E-state index in [-0.39, 0.29) is 18.0 Å². The van der Waals surface area contributed by atoms with Crippen molar-refractivity contribution in [3.05, 3.63) is 59.7 Å². The Hall–Kier alpha value is -2.62. The summed E-state index contributed by atoms with van der Waals surface area (Å²) < 4.78 is 10.2. The van der Waals surface area contributed by atoms with E-state index >= 15 is 0 Å². The first-order chi connectivity index (χ1) is 10.1. The molecule has 21 heavy (non-hydrogen) atoms. The molecule has 0 amide bonds. The Morgan fingerprint density at radius 3 is 1.86 bits per heavy atom. The Bertz CT molecular complexity index is 625. The van der Waals surface area contributed by atoms with Gasteiger partial charge in [0.1, 0.15) is 11.5 Å². The summed E-state index contributed by atoms with van der Waals surface area (Å²) >= 11 is 0. The lowest BCUT2D eigenvalue weighted by Crippen LogP contribution is -2.09. The lowest BCUT2D eigenvalue weighted by Gasteiger charge is -2.07. The van der Waals surface area contributed by atoms with E-state index in [1.807, 2.05) is 6.07 Å². The maximum Gasteiger partial charge on any atom is 0.170 e. The van der Waals surface area contributed by atoms with Crippen molar-refractivity contribution in [2.24, 2.45) is 0 Å². The zero-order valence-electron chi connectivity index (χ0n) is 12.0. The predicted molar refractivity (Wildman–Crippen MR) is 79.3 cm³/mol. The summed E-state index contributed by atoms with van der Waals surface area (Å²) in [5.74, 6) is 0.568. The Balaban J connectivity index is 2.18. The van der Waals surface area contributed by atoms with Crippen LogP contribution in [-0.2, 0) is 0 Å². The number of rotatable bonds is 6. The zero-order chi connectivity index (χ0) is 15.2. The van der Waals surface area contributed by atoms with Crippen molar-refractivity contribution < 1.29 is 19.1 Å². The first-order valence-electron chi connectivity index (χ1n) is 6.48. The SMILES string of the molecule is COc1cc(OC)cc(C(=O)CC(=O)c2ccccc2)c1. The van der Waals surface area contributed by atoms with E-state index in [1.165, 1.54) is 14.2 Å². The Kier molecular flexibility index (Phi) is 4.72. The second-order valence-electron chi connectivity index (χ2n) is 4.49. The third kappa shape index (κ3) is 3.69. The van der Waals surface area contributed by atoms with Crippen LogP contribution >= 0.6 is 0 Å². The summed E-state index contributed by atoms with van der Waals surface area (Å²) in [4.78, 5) is 24.3. The third-order valence-corrected chi connectivity index (χ3v) is 3.09. The van der Waals surface area contributed by atoms with Gasteiger partial charge >= 0.3 is 0 Å². The fraction of sp³-hybridized carbons (Fsp3) is 0.176. The molecule has 4 heteroatoms. The molecule has 0 aromatic heterocycles. The standard InChI is InChI=1S/C17H16O4/c1-20-14-8-13(9-15(10-14)21-2)17(19)11-16(18)12-6-4-3-5-7-12/h3-10H,11H2,1-2H3. The molecule has 0 unspecified atom stereocenters. The molecular weight excluding hydrogens is 268 g/mol. The quantitative estimate of drug-likeness (QED) is 0.604. The lowest BCUT2D eigenvalue weighted by atomic mass is 10.0. The molecule has 2 rings (SSSR count). The van der Waals surface area contributed by atoms with Gasteiger partial charge in [-0.05, 0) is 12.1 Å². The predicted octanol–water partition coefficient (Wildman–Crippen LogP) is 3.16. The van der Waals surface area contributed by atoms with E-state index in [0.29, 0.717) is 22.6 Å². The minimum atomic E-state index is -0.263. The molecule has 2 aromatic rings. The normalized spacial score (nSPS) is 10.0. The average molecular weight is 284 g/mol. The van der Waals surface area contributed by atoms with Crippen LogP contribution in [0.15, 0.2) is 48.5 Å². The molecular formula is C17H16O4. The minimum absolute atomic E-state index is 0.180. The fourth-order valence-electron chi connectivity index (χ4n) is 1.94. The molecule has 2 aromatic carbocycles. The van der Waals surface area contributed by atoms with Crippen molar-refractivity contribution in [1.29, 1.82) is 0 Å². The van der Waals surface area contributed by atoms with Crippen LogP contribution in [0.2, 0.25) is 0 Å². The Morgan fingerprint density at radius 2 is 1.33 bits per heavy atom. The van der Waals surface area contributed by atoms with Gasteiger partial charge < -0.3 is 9.47 Å². The molecule has 0 heterocycles. The summed E-state index contributed by atoms with van der Waals surface area (Å²) in [5.41, 5.74) is 0.927. The second-order valence-corrected chi connectivity index (χ2v) is 4.49. The topological polar surface area (TPSA) is 52.6 Å². The molecule has 108 valence electrons. The van der Waals surface area contributed by atoms with E-state index in [2.05, 4.69) is 0 Å². The lowest BCUT2D eigenvalue weighted by molar-refractivity contribution is 0.0894. The van der Waals surface area contributed by atoms with E-state index < -0.39 is 0 Å². The molecule has 0 aliphatic carbocycles. The number of Topliss-reactive ketones (excluding diaryl/α,β-unsaturated/α-hetero) is 2. The molecule has 0 atom stereocenters. The van der Waals surface area contributed by atoms with E-state index in [1.54, 1.807) is 42.5 Å². The smallest absolute Gasteiger partial charge is 0.170 e. The van der Waals surface area contributed by atoms with E-state index in [0.717, 1.165) is 0 Å². The van der Waals surface area contributed by atoms with Crippen LogP contribution in [0.1, 0.15) is 27.1 Å².